The molecule has 2 saturated heterocycles. The largest absolute Gasteiger partial charge is 0.483 e. The maximum absolute atomic E-state index is 13.3. The van der Waals surface area contributed by atoms with E-state index in [0.29, 0.717) is 17.5 Å². The van der Waals surface area contributed by atoms with E-state index in [0.717, 1.165) is 19.6 Å². The Morgan fingerprint density at radius 1 is 1.10 bits per heavy atom. The molecule has 3 atom stereocenters. The molecule has 0 saturated carbocycles. The van der Waals surface area contributed by atoms with Gasteiger partial charge in [0.2, 0.25) is 0 Å². The second-order valence-electron chi connectivity index (χ2n) is 7.98. The number of carboxylic acid groups (broad SMARTS) is 1. The highest BCUT2D eigenvalue weighted by atomic mass is 16.3. The van der Waals surface area contributed by atoms with Crippen LogP contribution in [0.2, 0.25) is 0 Å². The van der Waals surface area contributed by atoms with Gasteiger partial charge in [0, 0.05) is 55.7 Å². The molecule has 2 aliphatic rings. The molecule has 0 unspecified atom stereocenters. The molecule has 0 spiro atoms. The zero-order valence-electron chi connectivity index (χ0n) is 17.4. The Kier molecular flexibility index (Phi) is 6.02. The number of likely N-dealkylation sites (tertiary alicyclic amines) is 1. The van der Waals surface area contributed by atoms with Gasteiger partial charge >= 0.3 is 0 Å². The molecule has 160 valence electrons. The summed E-state index contributed by atoms with van der Waals surface area (Å²) in [5, 5.41) is 6.89. The van der Waals surface area contributed by atoms with Crippen LogP contribution in [-0.2, 0) is 4.79 Å². The number of aromatic nitrogens is 2. The van der Waals surface area contributed by atoms with Gasteiger partial charge in [0.05, 0.1) is 6.04 Å². The third-order valence-corrected chi connectivity index (χ3v) is 6.29. The van der Waals surface area contributed by atoms with E-state index in [1.165, 1.54) is 16.8 Å². The van der Waals surface area contributed by atoms with Crippen LogP contribution in [0.4, 0.5) is 5.69 Å². The summed E-state index contributed by atoms with van der Waals surface area (Å²) in [6.07, 6.45) is 5.52. The number of carbonyl (C=O) groups excluding carboxylic acids is 1. The quantitative estimate of drug-likeness (QED) is 0.637. The summed E-state index contributed by atoms with van der Waals surface area (Å²) in [6.45, 7) is 4.63. The minimum absolute atomic E-state index is 0.100. The summed E-state index contributed by atoms with van der Waals surface area (Å²) < 4.78 is 0. The number of hydrogen-bond donors (Lipinski definition) is 2. The van der Waals surface area contributed by atoms with Gasteiger partial charge in [0.15, 0.2) is 0 Å². The van der Waals surface area contributed by atoms with Crippen molar-refractivity contribution < 1.29 is 14.7 Å². The van der Waals surface area contributed by atoms with Crippen molar-refractivity contribution in [3.63, 3.8) is 0 Å². The van der Waals surface area contributed by atoms with Crippen LogP contribution in [0.3, 0.4) is 0 Å². The normalized spacial score (nSPS) is 21.9. The van der Waals surface area contributed by atoms with Crippen LogP contribution < -0.4 is 4.90 Å². The van der Waals surface area contributed by atoms with Crippen LogP contribution in [0.1, 0.15) is 27.7 Å². The molecule has 2 fully saturated rings. The van der Waals surface area contributed by atoms with Gasteiger partial charge in [-0.3, -0.25) is 14.6 Å². The maximum atomic E-state index is 13.3. The summed E-state index contributed by atoms with van der Waals surface area (Å²) in [5.74, 6) is 0.993. The minimum atomic E-state index is -0.250. The number of aromatic amines is 1. The van der Waals surface area contributed by atoms with Gasteiger partial charge in [0.1, 0.15) is 5.69 Å². The maximum Gasteiger partial charge on any atom is 0.290 e. The Morgan fingerprint density at radius 3 is 2.52 bits per heavy atom. The lowest BCUT2D eigenvalue weighted by Gasteiger charge is -2.31. The molecular formula is C24H26N4O3. The van der Waals surface area contributed by atoms with E-state index in [1.54, 1.807) is 0 Å². The molecular weight excluding hydrogens is 392 g/mol. The minimum Gasteiger partial charge on any atom is -0.483 e. The van der Waals surface area contributed by atoms with Gasteiger partial charge in [-0.15, -0.1) is 0 Å². The van der Waals surface area contributed by atoms with Crippen LogP contribution >= 0.6 is 0 Å². The number of nitrogens with one attached hydrogen (secondary N) is 1. The van der Waals surface area contributed by atoms with Crippen LogP contribution in [-0.4, -0.2) is 52.0 Å². The van der Waals surface area contributed by atoms with Crippen LogP contribution in [0.5, 0.6) is 0 Å². The number of fused-ring (bicyclic) bond motifs is 1. The van der Waals surface area contributed by atoms with E-state index in [4.69, 9.17) is 9.90 Å². The van der Waals surface area contributed by atoms with Crippen LogP contribution in [0.15, 0.2) is 67.1 Å². The number of aryl methyl sites for hydroxylation is 1. The molecule has 31 heavy (non-hydrogen) atoms. The van der Waals surface area contributed by atoms with Crippen LogP contribution in [0, 0.1) is 18.8 Å². The predicted octanol–water partition coefficient (Wildman–Crippen LogP) is 3.37. The first kappa shape index (κ1) is 20.7. The number of nitrogens with zero attached hydrogens (tertiary/aromatic N) is 3. The van der Waals surface area contributed by atoms with Gasteiger partial charge in [-0.1, -0.05) is 24.3 Å². The second kappa shape index (κ2) is 9.04. The number of hydrogen-bond acceptors (Lipinski definition) is 4. The van der Waals surface area contributed by atoms with E-state index in [2.05, 4.69) is 63.1 Å². The highest BCUT2D eigenvalue weighted by molar-refractivity contribution is 5.93. The van der Waals surface area contributed by atoms with E-state index < -0.39 is 0 Å². The van der Waals surface area contributed by atoms with Crippen molar-refractivity contribution in [1.82, 2.24) is 14.9 Å². The Labute approximate surface area is 181 Å². The number of amides is 1. The Balaban J connectivity index is 0.000000730. The monoisotopic (exact) mass is 418 g/mol. The first-order chi connectivity index (χ1) is 15.1. The third-order valence-electron chi connectivity index (χ3n) is 6.29. The number of H-pyrrole nitrogens is 1. The van der Waals surface area contributed by atoms with Crippen molar-refractivity contribution in [1.29, 1.82) is 0 Å². The molecule has 0 radical (unpaired) electrons. The first-order valence-corrected chi connectivity index (χ1v) is 10.4. The lowest BCUT2D eigenvalue weighted by molar-refractivity contribution is -0.122. The molecule has 2 aliphatic heterocycles. The van der Waals surface area contributed by atoms with Gasteiger partial charge < -0.3 is 19.9 Å². The molecule has 0 aliphatic carbocycles. The number of benzene rings is 1. The molecule has 2 aromatic heterocycles. The fraction of sp³-hybridized carbons (Fsp3) is 0.292. The first-order valence-electron chi connectivity index (χ1n) is 10.4. The predicted molar refractivity (Wildman–Crippen MR) is 118 cm³/mol. The number of anilines is 1. The summed E-state index contributed by atoms with van der Waals surface area (Å²) in [7, 11) is 0. The number of carbonyl (C=O) groups is 2. The molecule has 1 amide bonds. The molecule has 1 aromatic carbocycles. The Bertz CT molecular complexity index is 1020. The van der Waals surface area contributed by atoms with E-state index in [9.17, 15) is 4.79 Å². The number of pyridine rings is 1. The van der Waals surface area contributed by atoms with Gasteiger partial charge in [-0.05, 0) is 42.3 Å². The van der Waals surface area contributed by atoms with Crippen LogP contribution in [0.25, 0.3) is 0 Å². The van der Waals surface area contributed by atoms with Gasteiger partial charge in [-0.25, -0.2) is 0 Å². The standard InChI is InChI=1S/C23H24N4O.CH2O2/c1-16-5-2-3-6-19(16)22-20-15-26(18-8-11-24-12-9-18)13-17(20)14-27(22)23(28)21-7-4-10-25-21;2-1-3/h2-12,17,20,22,25H,13-15H2,1H3;1H,(H,2,3)/t17-,20-,22+;/m0./s1. The Morgan fingerprint density at radius 2 is 1.84 bits per heavy atom. The van der Waals surface area contributed by atoms with Gasteiger partial charge in [-0.2, -0.15) is 0 Å². The van der Waals surface area contributed by atoms with Crippen molar-refractivity contribution in [2.75, 3.05) is 24.5 Å². The summed E-state index contributed by atoms with van der Waals surface area (Å²) >= 11 is 0. The smallest absolute Gasteiger partial charge is 0.290 e. The van der Waals surface area contributed by atoms with Crippen molar-refractivity contribution >= 4 is 18.1 Å². The fourth-order valence-electron chi connectivity index (χ4n) is 4.95. The van der Waals surface area contributed by atoms with Crippen molar-refractivity contribution in [3.8, 4) is 0 Å². The van der Waals surface area contributed by atoms with E-state index in [-0.39, 0.29) is 18.4 Å². The molecule has 7 nitrogen and oxygen atoms in total. The molecule has 5 rings (SSSR count). The van der Waals surface area contributed by atoms with E-state index >= 15 is 0 Å². The summed E-state index contributed by atoms with van der Waals surface area (Å²) in [5.41, 5.74) is 4.41. The third kappa shape index (κ3) is 4.03. The molecule has 4 heterocycles. The lowest BCUT2D eigenvalue weighted by atomic mass is 9.87. The summed E-state index contributed by atoms with van der Waals surface area (Å²) in [6, 6.07) is 16.5. The van der Waals surface area contributed by atoms with Crippen molar-refractivity contribution in [2.24, 2.45) is 11.8 Å². The highest BCUT2D eigenvalue weighted by Crippen LogP contribution is 2.47. The molecule has 2 N–H and O–H groups in total. The zero-order chi connectivity index (χ0) is 21.8. The lowest BCUT2D eigenvalue weighted by Crippen LogP contribution is -2.36. The SMILES string of the molecule is Cc1ccccc1[C@@H]1[C@H]2CN(c3ccncc3)C[C@H]2CN1C(=O)c1ccc[nH]1.O=CO. The topological polar surface area (TPSA) is 89.5 Å². The van der Waals surface area contributed by atoms with Crippen molar-refractivity contribution in [2.45, 2.75) is 13.0 Å². The Hall–Kier alpha value is -3.61. The molecule has 7 heteroatoms. The highest BCUT2D eigenvalue weighted by Gasteiger charge is 2.49. The average molecular weight is 418 g/mol. The summed E-state index contributed by atoms with van der Waals surface area (Å²) in [4.78, 5) is 33.4. The second-order valence-corrected chi connectivity index (χ2v) is 7.98. The fourth-order valence-corrected chi connectivity index (χ4v) is 4.95. The zero-order valence-corrected chi connectivity index (χ0v) is 17.4. The van der Waals surface area contributed by atoms with E-state index in [1.807, 2.05) is 30.7 Å². The molecule has 0 bridgehead atoms. The van der Waals surface area contributed by atoms with Crippen molar-refractivity contribution in [3.05, 3.63) is 83.9 Å². The average Bonchev–Trinajstić information content (AvgIpc) is 3.51. The number of rotatable bonds is 3. The van der Waals surface area contributed by atoms with Gasteiger partial charge in [0.25, 0.3) is 12.4 Å². The molecule has 3 aromatic rings.